The molecule has 0 amide bonds. The van der Waals surface area contributed by atoms with Crippen LogP contribution in [0.5, 0.6) is 0 Å². The Hall–Kier alpha value is -3.25. The lowest BCUT2D eigenvalue weighted by molar-refractivity contribution is 0.862. The van der Waals surface area contributed by atoms with E-state index in [0.717, 1.165) is 27.7 Å². The van der Waals surface area contributed by atoms with Gasteiger partial charge in [0.1, 0.15) is 17.2 Å². The number of hydrogen-bond acceptors (Lipinski definition) is 6. The summed E-state index contributed by atoms with van der Waals surface area (Å²) in [7, 11) is 0. The van der Waals surface area contributed by atoms with Gasteiger partial charge in [0.2, 0.25) is 0 Å². The van der Waals surface area contributed by atoms with E-state index >= 15 is 0 Å². The summed E-state index contributed by atoms with van der Waals surface area (Å²) in [5.74, 6) is 1.65. The maximum Gasteiger partial charge on any atom is 0.146 e. The van der Waals surface area contributed by atoms with Crippen molar-refractivity contribution < 1.29 is 0 Å². The van der Waals surface area contributed by atoms with Crippen molar-refractivity contribution in [2.24, 2.45) is 0 Å². The second-order valence-electron chi connectivity index (χ2n) is 6.63. The van der Waals surface area contributed by atoms with Gasteiger partial charge in [-0.3, -0.25) is 4.98 Å². The van der Waals surface area contributed by atoms with E-state index in [9.17, 15) is 0 Å². The van der Waals surface area contributed by atoms with Gasteiger partial charge < -0.3 is 5.32 Å². The van der Waals surface area contributed by atoms with E-state index < -0.39 is 0 Å². The number of nitrogens with zero attached hydrogens (tertiary/aromatic N) is 4. The summed E-state index contributed by atoms with van der Waals surface area (Å²) in [4.78, 5) is 17.2. The summed E-state index contributed by atoms with van der Waals surface area (Å²) in [5.41, 5.74) is 4.55. The standard InChI is InChI=1S/C23H21N5S/c1-17(19-7-9-20(10-8-19)21-11-25-16-26-12-21)27-22-13-24-14-23(28-22)29-15-18-5-3-2-4-6-18/h2-14,16-17H,15H2,1H3,(H,27,28). The van der Waals surface area contributed by atoms with Gasteiger partial charge in [-0.15, -0.1) is 11.8 Å². The van der Waals surface area contributed by atoms with Gasteiger partial charge in [-0.2, -0.15) is 0 Å². The smallest absolute Gasteiger partial charge is 0.146 e. The van der Waals surface area contributed by atoms with E-state index in [-0.39, 0.29) is 6.04 Å². The van der Waals surface area contributed by atoms with Crippen molar-refractivity contribution in [1.82, 2.24) is 19.9 Å². The molecule has 1 unspecified atom stereocenters. The number of thioether (sulfide) groups is 1. The van der Waals surface area contributed by atoms with Crippen LogP contribution in [0.4, 0.5) is 5.82 Å². The second-order valence-corrected chi connectivity index (χ2v) is 7.63. The highest BCUT2D eigenvalue weighted by Gasteiger charge is 2.08. The van der Waals surface area contributed by atoms with Crippen LogP contribution in [0.15, 0.2) is 90.7 Å². The van der Waals surface area contributed by atoms with E-state index in [4.69, 9.17) is 4.98 Å². The maximum absolute atomic E-state index is 4.69. The molecular formula is C23H21N5S. The third-order valence-electron chi connectivity index (χ3n) is 4.51. The Morgan fingerprint density at radius 1 is 0.828 bits per heavy atom. The predicted molar refractivity (Wildman–Crippen MR) is 118 cm³/mol. The lowest BCUT2D eigenvalue weighted by Gasteiger charge is -2.15. The molecule has 2 heterocycles. The van der Waals surface area contributed by atoms with Crippen LogP contribution in [0.2, 0.25) is 0 Å². The van der Waals surface area contributed by atoms with Crippen LogP contribution in [0, 0.1) is 0 Å². The van der Waals surface area contributed by atoms with Crippen molar-refractivity contribution in [3.8, 4) is 11.1 Å². The van der Waals surface area contributed by atoms with Crippen molar-refractivity contribution in [2.45, 2.75) is 23.7 Å². The van der Waals surface area contributed by atoms with Crippen molar-refractivity contribution in [3.05, 3.63) is 96.8 Å². The monoisotopic (exact) mass is 399 g/mol. The predicted octanol–water partition coefficient (Wildman–Crippen LogP) is 5.40. The first-order valence-corrected chi connectivity index (χ1v) is 10.4. The molecule has 0 aliphatic rings. The Bertz CT molecular complexity index is 1040. The molecule has 0 radical (unpaired) electrons. The Kier molecular flexibility index (Phi) is 6.12. The molecule has 29 heavy (non-hydrogen) atoms. The van der Waals surface area contributed by atoms with Gasteiger partial charge >= 0.3 is 0 Å². The Balaban J connectivity index is 1.39. The summed E-state index contributed by atoms with van der Waals surface area (Å²) in [6, 6.07) is 18.9. The highest BCUT2D eigenvalue weighted by molar-refractivity contribution is 7.98. The van der Waals surface area contributed by atoms with Crippen molar-refractivity contribution >= 4 is 17.6 Å². The average molecular weight is 400 g/mol. The van der Waals surface area contributed by atoms with Crippen LogP contribution in [-0.4, -0.2) is 19.9 Å². The molecule has 5 nitrogen and oxygen atoms in total. The molecule has 0 spiro atoms. The van der Waals surface area contributed by atoms with Crippen LogP contribution in [0.3, 0.4) is 0 Å². The van der Waals surface area contributed by atoms with Gasteiger partial charge in [0, 0.05) is 29.8 Å². The number of rotatable bonds is 7. The van der Waals surface area contributed by atoms with Gasteiger partial charge in [0.05, 0.1) is 12.4 Å². The molecule has 144 valence electrons. The number of benzene rings is 2. The summed E-state index contributed by atoms with van der Waals surface area (Å²) < 4.78 is 0. The third kappa shape index (κ3) is 5.18. The van der Waals surface area contributed by atoms with Crippen molar-refractivity contribution in [1.29, 1.82) is 0 Å². The van der Waals surface area contributed by atoms with Crippen molar-refractivity contribution in [2.75, 3.05) is 5.32 Å². The fourth-order valence-corrected chi connectivity index (χ4v) is 3.74. The molecule has 4 aromatic rings. The van der Waals surface area contributed by atoms with E-state index in [1.807, 2.05) is 18.5 Å². The van der Waals surface area contributed by atoms with Gasteiger partial charge in [-0.1, -0.05) is 54.6 Å². The first-order valence-electron chi connectivity index (χ1n) is 9.38. The number of nitrogens with one attached hydrogen (secondary N) is 1. The Morgan fingerprint density at radius 3 is 2.34 bits per heavy atom. The highest BCUT2D eigenvalue weighted by atomic mass is 32.2. The van der Waals surface area contributed by atoms with E-state index in [0.29, 0.717) is 0 Å². The first-order chi connectivity index (χ1) is 14.3. The van der Waals surface area contributed by atoms with Gasteiger partial charge in [0.25, 0.3) is 0 Å². The lowest BCUT2D eigenvalue weighted by Crippen LogP contribution is -2.08. The number of aromatic nitrogens is 4. The molecule has 0 bridgehead atoms. The number of hydrogen-bond donors (Lipinski definition) is 1. The topological polar surface area (TPSA) is 63.6 Å². The van der Waals surface area contributed by atoms with Crippen LogP contribution < -0.4 is 5.32 Å². The molecule has 0 fully saturated rings. The van der Waals surface area contributed by atoms with Crippen LogP contribution in [0.25, 0.3) is 11.1 Å². The quantitative estimate of drug-likeness (QED) is 0.420. The fraction of sp³-hybridized carbons (Fsp3) is 0.130. The second kappa shape index (κ2) is 9.30. The molecule has 2 aromatic carbocycles. The maximum atomic E-state index is 4.69. The molecule has 1 atom stereocenters. The SMILES string of the molecule is CC(Nc1cncc(SCc2ccccc2)n1)c1ccc(-c2cncnc2)cc1. The summed E-state index contributed by atoms with van der Waals surface area (Å²) in [5, 5.41) is 4.35. The summed E-state index contributed by atoms with van der Waals surface area (Å²) >= 11 is 1.68. The molecule has 2 aromatic heterocycles. The zero-order chi connectivity index (χ0) is 19.9. The third-order valence-corrected chi connectivity index (χ3v) is 5.48. The zero-order valence-electron chi connectivity index (χ0n) is 16.1. The average Bonchev–Trinajstić information content (AvgIpc) is 2.79. The molecule has 0 saturated heterocycles. The molecule has 6 heteroatoms. The molecule has 0 aliphatic carbocycles. The molecule has 0 saturated carbocycles. The minimum atomic E-state index is 0.111. The normalized spacial score (nSPS) is 11.8. The molecular weight excluding hydrogens is 378 g/mol. The minimum absolute atomic E-state index is 0.111. The fourth-order valence-electron chi connectivity index (χ4n) is 2.94. The summed E-state index contributed by atoms with van der Waals surface area (Å²) in [6.07, 6.45) is 8.74. The van der Waals surface area contributed by atoms with Crippen LogP contribution in [-0.2, 0) is 5.75 Å². The van der Waals surface area contributed by atoms with Gasteiger partial charge in [-0.05, 0) is 23.6 Å². The van der Waals surface area contributed by atoms with E-state index in [2.05, 4.69) is 75.7 Å². The minimum Gasteiger partial charge on any atom is -0.362 e. The number of anilines is 1. The Labute approximate surface area is 174 Å². The molecule has 0 aliphatic heterocycles. The van der Waals surface area contributed by atoms with Gasteiger partial charge in [-0.25, -0.2) is 15.0 Å². The van der Waals surface area contributed by atoms with Crippen LogP contribution in [0.1, 0.15) is 24.1 Å². The lowest BCUT2D eigenvalue weighted by atomic mass is 10.0. The zero-order valence-corrected chi connectivity index (χ0v) is 16.9. The highest BCUT2D eigenvalue weighted by Crippen LogP contribution is 2.25. The molecule has 4 rings (SSSR count). The van der Waals surface area contributed by atoms with Crippen molar-refractivity contribution in [3.63, 3.8) is 0 Å². The van der Waals surface area contributed by atoms with Crippen LogP contribution >= 0.6 is 11.8 Å². The largest absolute Gasteiger partial charge is 0.362 e. The molecule has 1 N–H and O–H groups in total. The van der Waals surface area contributed by atoms with E-state index in [1.54, 1.807) is 24.2 Å². The Morgan fingerprint density at radius 2 is 1.59 bits per heavy atom. The first kappa shape index (κ1) is 19.1. The van der Waals surface area contributed by atoms with E-state index in [1.165, 1.54) is 17.5 Å². The van der Waals surface area contributed by atoms with Gasteiger partial charge in [0.15, 0.2) is 0 Å². The summed E-state index contributed by atoms with van der Waals surface area (Å²) in [6.45, 7) is 2.12.